The number of benzene rings is 6. The predicted octanol–water partition coefficient (Wildman–Crippen LogP) is 9.91. The second-order valence-corrected chi connectivity index (χ2v) is 16.1. The maximum absolute atomic E-state index is 12.6. The van der Waals surface area contributed by atoms with E-state index >= 15 is 0 Å². The van der Waals surface area contributed by atoms with Crippen LogP contribution in [0.4, 0.5) is 0 Å². The topological polar surface area (TPSA) is 116 Å². The molecular formula is C46H38N6O2S2. The molecule has 1 aliphatic carbocycles. The third kappa shape index (κ3) is 6.44. The number of aromatic nitrogens is 4. The van der Waals surface area contributed by atoms with Gasteiger partial charge in [-0.05, 0) is 71.8 Å². The van der Waals surface area contributed by atoms with Crippen molar-refractivity contribution in [3.05, 3.63) is 179 Å². The van der Waals surface area contributed by atoms with E-state index < -0.39 is 0 Å². The first kappa shape index (κ1) is 35.6. The molecule has 276 valence electrons. The molecule has 2 amide bonds. The average molecular weight is 771 g/mol. The maximum atomic E-state index is 12.6. The number of rotatable bonds is 10. The van der Waals surface area contributed by atoms with E-state index in [4.69, 9.17) is 10.2 Å². The Bertz CT molecular complexity index is 2520. The Hall–Kier alpha value is -6.10. The maximum Gasteiger partial charge on any atom is 0.252 e. The van der Waals surface area contributed by atoms with Gasteiger partial charge in [-0.2, -0.15) is 10.2 Å². The van der Waals surface area contributed by atoms with Crippen LogP contribution in [0.5, 0.6) is 0 Å². The molecule has 6 aromatic carbocycles. The molecule has 4 N–H and O–H groups in total. The van der Waals surface area contributed by atoms with Gasteiger partial charge in [0.15, 0.2) is 0 Å². The lowest BCUT2D eigenvalue weighted by molar-refractivity contribution is 0.0952. The summed E-state index contributed by atoms with van der Waals surface area (Å²) in [5.74, 6) is 0.213. The van der Waals surface area contributed by atoms with Crippen molar-refractivity contribution >= 4 is 57.1 Å². The Labute approximate surface area is 332 Å². The van der Waals surface area contributed by atoms with Gasteiger partial charge in [0.2, 0.25) is 0 Å². The molecule has 8 nitrogen and oxygen atoms in total. The summed E-state index contributed by atoms with van der Waals surface area (Å²) in [7, 11) is 3.31. The number of carbonyl (C=O) groups excluding carboxylic acids is 2. The van der Waals surface area contributed by atoms with Crippen molar-refractivity contribution in [3.8, 4) is 0 Å². The van der Waals surface area contributed by atoms with Crippen molar-refractivity contribution in [2.45, 2.75) is 43.3 Å². The highest BCUT2D eigenvalue weighted by molar-refractivity contribution is 7.99. The predicted molar refractivity (Wildman–Crippen MR) is 224 cm³/mol. The molecule has 56 heavy (non-hydrogen) atoms. The monoisotopic (exact) mass is 770 g/mol. The van der Waals surface area contributed by atoms with Crippen molar-refractivity contribution in [3.63, 3.8) is 0 Å². The summed E-state index contributed by atoms with van der Waals surface area (Å²) in [6.45, 7) is 0. The Morgan fingerprint density at radius 1 is 0.500 bits per heavy atom. The van der Waals surface area contributed by atoms with Gasteiger partial charge < -0.3 is 10.6 Å². The molecule has 9 rings (SSSR count). The Morgan fingerprint density at radius 3 is 1.30 bits per heavy atom. The number of hydrogen-bond acceptors (Lipinski definition) is 6. The van der Waals surface area contributed by atoms with Crippen LogP contribution in [0.25, 0.3) is 21.8 Å². The molecule has 10 heteroatoms. The minimum absolute atomic E-state index is 0.0941. The van der Waals surface area contributed by atoms with Crippen molar-refractivity contribution in [2.75, 3.05) is 14.1 Å². The van der Waals surface area contributed by atoms with E-state index in [1.54, 1.807) is 37.6 Å². The Morgan fingerprint density at radius 2 is 0.893 bits per heavy atom. The number of carbonyl (C=O) groups is 2. The van der Waals surface area contributed by atoms with Gasteiger partial charge in [0, 0.05) is 79.5 Å². The van der Waals surface area contributed by atoms with Gasteiger partial charge in [0.1, 0.15) is 0 Å². The van der Waals surface area contributed by atoms with E-state index in [0.717, 1.165) is 52.8 Å². The number of amides is 2. The summed E-state index contributed by atoms with van der Waals surface area (Å²) < 4.78 is 0. The summed E-state index contributed by atoms with van der Waals surface area (Å²) in [5, 5.41) is 24.5. The molecule has 0 saturated heterocycles. The molecule has 1 saturated carbocycles. The number of H-pyrrole nitrogens is 2. The molecule has 1 aliphatic rings. The summed E-state index contributed by atoms with van der Waals surface area (Å²) in [6, 6.07) is 49.7. The lowest BCUT2D eigenvalue weighted by Crippen LogP contribution is -2.40. The molecule has 8 aromatic rings. The van der Waals surface area contributed by atoms with Gasteiger partial charge in [0.05, 0.1) is 22.2 Å². The van der Waals surface area contributed by atoms with Crippen LogP contribution in [-0.2, 0) is 0 Å². The highest BCUT2D eigenvalue weighted by Crippen LogP contribution is 2.67. The van der Waals surface area contributed by atoms with Crippen LogP contribution >= 0.6 is 23.5 Å². The molecule has 1 fully saturated rings. The van der Waals surface area contributed by atoms with Gasteiger partial charge in [0.25, 0.3) is 11.8 Å². The summed E-state index contributed by atoms with van der Waals surface area (Å²) >= 11 is 3.13. The highest BCUT2D eigenvalue weighted by atomic mass is 32.2. The van der Waals surface area contributed by atoms with Crippen LogP contribution in [0, 0.1) is 0 Å². The van der Waals surface area contributed by atoms with Crippen LogP contribution < -0.4 is 10.6 Å². The molecular weight excluding hydrogens is 733 g/mol. The summed E-state index contributed by atoms with van der Waals surface area (Å²) in [4.78, 5) is 29.0. The van der Waals surface area contributed by atoms with E-state index in [1.807, 2.05) is 48.5 Å². The third-order valence-corrected chi connectivity index (χ3v) is 13.0. The molecule has 2 aromatic heterocycles. The van der Waals surface area contributed by atoms with E-state index in [9.17, 15) is 9.59 Å². The van der Waals surface area contributed by atoms with Gasteiger partial charge in [-0.1, -0.05) is 108 Å². The SMILES string of the molecule is CNC(=O)c1ccccc1Sc1ccc2c(C3C(c4ccccc4)C(c4[nH]nc5cc(Sc6ccccc6C(=O)NC)ccc45)C3c3ccccc3)[nH]nc2c1. The number of hydrogen-bond donors (Lipinski definition) is 4. The number of nitrogens with one attached hydrogen (secondary N) is 4. The van der Waals surface area contributed by atoms with E-state index in [-0.39, 0.29) is 35.5 Å². The number of fused-ring (bicyclic) bond motifs is 2. The Kier molecular flexibility index (Phi) is 9.66. The van der Waals surface area contributed by atoms with E-state index in [2.05, 4.69) is 118 Å². The molecule has 0 bridgehead atoms. The van der Waals surface area contributed by atoms with Gasteiger partial charge in [-0.3, -0.25) is 19.8 Å². The minimum atomic E-state index is -0.109. The zero-order chi connectivity index (χ0) is 38.2. The molecule has 0 unspecified atom stereocenters. The fourth-order valence-electron chi connectivity index (χ4n) is 8.32. The van der Waals surface area contributed by atoms with Crippen LogP contribution in [0.15, 0.2) is 165 Å². The largest absolute Gasteiger partial charge is 0.355 e. The molecule has 0 aliphatic heterocycles. The van der Waals surface area contributed by atoms with Crippen molar-refractivity contribution in [1.82, 2.24) is 31.0 Å². The first-order valence-electron chi connectivity index (χ1n) is 18.6. The summed E-state index contributed by atoms with van der Waals surface area (Å²) in [6.07, 6.45) is 0. The molecule has 0 spiro atoms. The van der Waals surface area contributed by atoms with E-state index in [1.165, 1.54) is 11.1 Å². The van der Waals surface area contributed by atoms with E-state index in [0.29, 0.717) is 11.1 Å². The molecule has 0 atom stereocenters. The zero-order valence-corrected chi connectivity index (χ0v) is 32.3. The average Bonchev–Trinajstić information content (AvgIpc) is 3.84. The second-order valence-electron chi connectivity index (χ2n) is 13.9. The highest BCUT2D eigenvalue weighted by Gasteiger charge is 2.55. The summed E-state index contributed by atoms with van der Waals surface area (Å²) in [5.41, 5.74) is 7.81. The van der Waals surface area contributed by atoms with Gasteiger partial charge in [-0.15, -0.1) is 0 Å². The third-order valence-electron chi connectivity index (χ3n) is 10.9. The first-order chi connectivity index (χ1) is 27.5. The van der Waals surface area contributed by atoms with Crippen molar-refractivity contribution in [2.24, 2.45) is 0 Å². The number of nitrogens with zero attached hydrogens (tertiary/aromatic N) is 2. The fourth-order valence-corrected chi connectivity index (χ4v) is 10.3. The quantitative estimate of drug-likeness (QED) is 0.110. The fraction of sp³-hybridized carbons (Fsp3) is 0.130. The van der Waals surface area contributed by atoms with Gasteiger partial charge >= 0.3 is 0 Å². The lowest BCUT2D eigenvalue weighted by Gasteiger charge is -2.52. The van der Waals surface area contributed by atoms with Crippen LogP contribution in [-0.4, -0.2) is 46.3 Å². The van der Waals surface area contributed by atoms with Gasteiger partial charge in [-0.25, -0.2) is 0 Å². The standard InChI is InChI=1S/C46H38N6O2S2/c1-47-45(53)33-17-9-11-19-37(33)55-29-21-23-31-35(25-29)49-51-43(31)41-39(27-13-5-3-6-14-27)42(40(41)28-15-7-4-8-16-28)44-32-24-22-30(26-36(32)50-52-44)56-38-20-12-10-18-34(38)46(54)48-2/h3-26,39-42H,1-2H3,(H,47,53)(H,48,54)(H,49,51)(H,50,52). The van der Waals surface area contributed by atoms with Crippen LogP contribution in [0.2, 0.25) is 0 Å². The van der Waals surface area contributed by atoms with Crippen LogP contribution in [0.3, 0.4) is 0 Å². The second kappa shape index (κ2) is 15.2. The molecule has 0 radical (unpaired) electrons. The number of aromatic amines is 2. The minimum Gasteiger partial charge on any atom is -0.355 e. The smallest absolute Gasteiger partial charge is 0.252 e. The first-order valence-corrected chi connectivity index (χ1v) is 20.2. The zero-order valence-electron chi connectivity index (χ0n) is 30.7. The van der Waals surface area contributed by atoms with Crippen LogP contribution in [0.1, 0.15) is 66.9 Å². The van der Waals surface area contributed by atoms with Crippen molar-refractivity contribution < 1.29 is 9.59 Å². The lowest BCUT2D eigenvalue weighted by atomic mass is 9.50. The normalized spacial score (nSPS) is 17.8. The molecule has 2 heterocycles. The van der Waals surface area contributed by atoms with Crippen molar-refractivity contribution in [1.29, 1.82) is 0 Å². The Balaban J connectivity index is 1.11.